The van der Waals surface area contributed by atoms with Crippen molar-refractivity contribution in [1.29, 1.82) is 0 Å². The maximum Gasteiger partial charge on any atom is 0.193 e. The zero-order valence-corrected chi connectivity index (χ0v) is 9.73. The maximum atomic E-state index is 5.64. The van der Waals surface area contributed by atoms with Crippen LogP contribution in [0.25, 0.3) is 0 Å². The smallest absolute Gasteiger partial charge is 0.193 e. The van der Waals surface area contributed by atoms with Crippen molar-refractivity contribution in [2.75, 3.05) is 0 Å². The second-order valence-electron chi connectivity index (χ2n) is 3.02. The van der Waals surface area contributed by atoms with Crippen molar-refractivity contribution in [2.24, 2.45) is 0 Å². The Bertz CT molecular complexity index is 400. The Morgan fingerprint density at radius 2 is 2.27 bits per heavy atom. The number of nitrogens with zero attached hydrogens (tertiary/aromatic N) is 2. The molecule has 0 aliphatic heterocycles. The molecular formula is C9H10ClN3OS. The van der Waals surface area contributed by atoms with Crippen LogP contribution in [0.1, 0.15) is 15.8 Å². The number of hydrogen-bond donors (Lipinski definition) is 1. The first-order chi connectivity index (χ1) is 7.24. The number of aryl methyl sites for hydroxylation is 1. The number of furan rings is 1. The molecule has 15 heavy (non-hydrogen) atoms. The lowest BCUT2D eigenvalue weighted by Crippen LogP contribution is -2.11. The molecule has 2 aromatic heterocycles. The summed E-state index contributed by atoms with van der Waals surface area (Å²) in [5.41, 5.74) is 0. The molecule has 0 aliphatic carbocycles. The summed E-state index contributed by atoms with van der Waals surface area (Å²) in [5, 5.41) is 13.5. The second kappa shape index (κ2) is 4.74. The quantitative estimate of drug-likeness (QED) is 0.896. The highest BCUT2D eigenvalue weighted by atomic mass is 35.5. The van der Waals surface area contributed by atoms with E-state index in [0.29, 0.717) is 18.3 Å². The predicted molar refractivity (Wildman–Crippen MR) is 58.9 cm³/mol. The van der Waals surface area contributed by atoms with E-state index >= 15 is 0 Å². The van der Waals surface area contributed by atoms with Gasteiger partial charge in [0.25, 0.3) is 0 Å². The lowest BCUT2D eigenvalue weighted by Gasteiger charge is -1.97. The molecule has 0 amide bonds. The Balaban J connectivity index is 1.80. The Morgan fingerprint density at radius 3 is 2.87 bits per heavy atom. The largest absolute Gasteiger partial charge is 0.448 e. The number of aromatic nitrogens is 2. The van der Waals surface area contributed by atoms with Gasteiger partial charge in [0.15, 0.2) is 5.22 Å². The zero-order valence-electron chi connectivity index (χ0n) is 8.16. The molecule has 0 saturated heterocycles. The number of nitrogens with one attached hydrogen (secondary N) is 1. The van der Waals surface area contributed by atoms with Crippen molar-refractivity contribution >= 4 is 22.9 Å². The van der Waals surface area contributed by atoms with Gasteiger partial charge in [0.1, 0.15) is 15.8 Å². The van der Waals surface area contributed by atoms with Gasteiger partial charge in [-0.3, -0.25) is 0 Å². The molecule has 0 fully saturated rings. The minimum Gasteiger partial charge on any atom is -0.448 e. The van der Waals surface area contributed by atoms with E-state index in [1.807, 2.05) is 13.0 Å². The summed E-state index contributed by atoms with van der Waals surface area (Å²) in [6, 6.07) is 3.58. The van der Waals surface area contributed by atoms with Gasteiger partial charge in [-0.2, -0.15) is 0 Å². The van der Waals surface area contributed by atoms with Gasteiger partial charge in [0.05, 0.1) is 13.1 Å². The number of rotatable bonds is 4. The standard InChI is InChI=1S/C9H10ClN3OS/c1-6-12-13-9(15-6)5-11-4-7-2-3-8(10)14-7/h2-3,11H,4-5H2,1H3. The lowest BCUT2D eigenvalue weighted by molar-refractivity contribution is 0.484. The minimum atomic E-state index is 0.415. The van der Waals surface area contributed by atoms with Crippen molar-refractivity contribution in [3.63, 3.8) is 0 Å². The van der Waals surface area contributed by atoms with E-state index in [2.05, 4.69) is 15.5 Å². The highest BCUT2D eigenvalue weighted by molar-refractivity contribution is 7.11. The summed E-state index contributed by atoms with van der Waals surface area (Å²) in [7, 11) is 0. The number of hydrogen-bond acceptors (Lipinski definition) is 5. The molecule has 80 valence electrons. The molecule has 0 aromatic carbocycles. The van der Waals surface area contributed by atoms with Gasteiger partial charge in [-0.25, -0.2) is 0 Å². The minimum absolute atomic E-state index is 0.415. The van der Waals surface area contributed by atoms with Crippen LogP contribution in [0.3, 0.4) is 0 Å². The monoisotopic (exact) mass is 243 g/mol. The maximum absolute atomic E-state index is 5.64. The first kappa shape index (κ1) is 10.6. The molecule has 1 N–H and O–H groups in total. The Kier molecular flexibility index (Phi) is 3.35. The Labute approximate surface area is 96.3 Å². The molecule has 4 nitrogen and oxygen atoms in total. The van der Waals surface area contributed by atoms with Crippen LogP contribution in [0.4, 0.5) is 0 Å². The van der Waals surface area contributed by atoms with E-state index < -0.39 is 0 Å². The normalized spacial score (nSPS) is 10.8. The predicted octanol–water partition coefficient (Wildman–Crippen LogP) is 2.38. The SMILES string of the molecule is Cc1nnc(CNCc2ccc(Cl)o2)s1. The fourth-order valence-corrected chi connectivity index (χ4v) is 1.99. The van der Waals surface area contributed by atoms with Crippen molar-refractivity contribution in [3.05, 3.63) is 33.1 Å². The third kappa shape index (κ3) is 3.02. The summed E-state index contributed by atoms with van der Waals surface area (Å²) in [6.07, 6.45) is 0. The first-order valence-corrected chi connectivity index (χ1v) is 5.67. The Morgan fingerprint density at radius 1 is 1.40 bits per heavy atom. The van der Waals surface area contributed by atoms with E-state index in [0.717, 1.165) is 15.8 Å². The van der Waals surface area contributed by atoms with Crippen LogP contribution in [-0.4, -0.2) is 10.2 Å². The van der Waals surface area contributed by atoms with E-state index in [-0.39, 0.29) is 0 Å². The molecule has 0 unspecified atom stereocenters. The van der Waals surface area contributed by atoms with Gasteiger partial charge in [0, 0.05) is 0 Å². The summed E-state index contributed by atoms with van der Waals surface area (Å²) in [5.74, 6) is 0.821. The zero-order chi connectivity index (χ0) is 10.7. The average Bonchev–Trinajstić information content (AvgIpc) is 2.76. The topological polar surface area (TPSA) is 51.0 Å². The molecule has 0 atom stereocenters. The molecule has 2 rings (SSSR count). The summed E-state index contributed by atoms with van der Waals surface area (Å²) >= 11 is 7.23. The van der Waals surface area contributed by atoms with Crippen molar-refractivity contribution in [3.8, 4) is 0 Å². The van der Waals surface area contributed by atoms with Gasteiger partial charge < -0.3 is 9.73 Å². The molecule has 2 heterocycles. The highest BCUT2D eigenvalue weighted by Gasteiger charge is 2.02. The summed E-state index contributed by atoms with van der Waals surface area (Å²) < 4.78 is 5.20. The van der Waals surface area contributed by atoms with Crippen molar-refractivity contribution in [1.82, 2.24) is 15.5 Å². The second-order valence-corrected chi connectivity index (χ2v) is 4.66. The van der Waals surface area contributed by atoms with Crippen LogP contribution in [0.15, 0.2) is 16.5 Å². The summed E-state index contributed by atoms with van der Waals surface area (Å²) in [6.45, 7) is 3.28. The molecule has 0 aliphatic rings. The Hall–Kier alpha value is -0.910. The van der Waals surface area contributed by atoms with Crippen LogP contribution in [-0.2, 0) is 13.1 Å². The third-order valence-corrected chi connectivity index (χ3v) is 2.81. The van der Waals surface area contributed by atoms with E-state index in [9.17, 15) is 0 Å². The van der Waals surface area contributed by atoms with E-state index in [4.69, 9.17) is 16.0 Å². The molecular weight excluding hydrogens is 234 g/mol. The highest BCUT2D eigenvalue weighted by Crippen LogP contribution is 2.13. The van der Waals surface area contributed by atoms with Crippen LogP contribution in [0, 0.1) is 6.92 Å². The summed E-state index contributed by atoms with van der Waals surface area (Å²) in [4.78, 5) is 0. The van der Waals surface area contributed by atoms with E-state index in [1.54, 1.807) is 17.4 Å². The fraction of sp³-hybridized carbons (Fsp3) is 0.333. The fourth-order valence-electron chi connectivity index (χ4n) is 1.15. The molecule has 2 aromatic rings. The van der Waals surface area contributed by atoms with Crippen molar-refractivity contribution in [2.45, 2.75) is 20.0 Å². The van der Waals surface area contributed by atoms with Crippen LogP contribution in [0.2, 0.25) is 5.22 Å². The van der Waals surface area contributed by atoms with Crippen LogP contribution >= 0.6 is 22.9 Å². The molecule has 0 saturated carbocycles. The first-order valence-electron chi connectivity index (χ1n) is 4.48. The van der Waals surface area contributed by atoms with Gasteiger partial charge in [-0.1, -0.05) is 0 Å². The van der Waals surface area contributed by atoms with Gasteiger partial charge in [-0.15, -0.1) is 21.5 Å². The number of halogens is 1. The van der Waals surface area contributed by atoms with Crippen molar-refractivity contribution < 1.29 is 4.42 Å². The lowest BCUT2D eigenvalue weighted by atomic mass is 10.4. The van der Waals surface area contributed by atoms with Crippen LogP contribution in [0.5, 0.6) is 0 Å². The average molecular weight is 244 g/mol. The van der Waals surface area contributed by atoms with Gasteiger partial charge in [0.2, 0.25) is 0 Å². The third-order valence-electron chi connectivity index (χ3n) is 1.77. The van der Waals surface area contributed by atoms with Gasteiger partial charge in [-0.05, 0) is 30.7 Å². The molecule has 0 radical (unpaired) electrons. The molecule has 0 bridgehead atoms. The molecule has 6 heteroatoms. The van der Waals surface area contributed by atoms with E-state index in [1.165, 1.54) is 0 Å². The van der Waals surface area contributed by atoms with Crippen LogP contribution < -0.4 is 5.32 Å². The van der Waals surface area contributed by atoms with Gasteiger partial charge >= 0.3 is 0 Å². The molecule has 0 spiro atoms.